The first-order valence-corrected chi connectivity index (χ1v) is 10.2. The van der Waals surface area contributed by atoms with Crippen LogP contribution in [-0.4, -0.2) is 98.7 Å². The number of halogens is 1. The van der Waals surface area contributed by atoms with Crippen molar-refractivity contribution in [3.05, 3.63) is 24.2 Å². The molecule has 0 spiro atoms. The Bertz CT molecular complexity index is 651. The van der Waals surface area contributed by atoms with Gasteiger partial charge in [-0.25, -0.2) is 0 Å². The maximum absolute atomic E-state index is 12.5. The van der Waals surface area contributed by atoms with Gasteiger partial charge >= 0.3 is 0 Å². The third kappa shape index (κ3) is 5.85. The zero-order chi connectivity index (χ0) is 20.0. The summed E-state index contributed by atoms with van der Waals surface area (Å²) in [6, 6.07) is 3.46. The average molecular weight is 519 g/mol. The molecule has 1 aromatic rings. The number of rotatable bonds is 5. The zero-order valence-corrected chi connectivity index (χ0v) is 20.1. The molecule has 0 saturated carbocycles. The van der Waals surface area contributed by atoms with E-state index in [1.54, 1.807) is 12.1 Å². The maximum atomic E-state index is 12.5. The summed E-state index contributed by atoms with van der Waals surface area (Å²) in [6.45, 7) is 8.08. The molecule has 0 bridgehead atoms. The third-order valence-electron chi connectivity index (χ3n) is 5.83. The molecule has 1 amide bonds. The fourth-order valence-electron chi connectivity index (χ4n) is 3.82. The minimum absolute atomic E-state index is 0. The second kappa shape index (κ2) is 11.2. The SMILES string of the molecule is CCNC(=NCC1(N(C)C)CCOCC1)N1CCN(C(=O)c2ccco2)CC1.I. The summed E-state index contributed by atoms with van der Waals surface area (Å²) in [5.74, 6) is 1.29. The first kappa shape index (κ1) is 23.9. The summed E-state index contributed by atoms with van der Waals surface area (Å²) < 4.78 is 10.8. The summed E-state index contributed by atoms with van der Waals surface area (Å²) in [5.41, 5.74) is 0.0516. The minimum atomic E-state index is -0.0413. The Morgan fingerprint density at radius 1 is 1.21 bits per heavy atom. The Labute approximate surface area is 190 Å². The van der Waals surface area contributed by atoms with Crippen molar-refractivity contribution in [1.82, 2.24) is 20.0 Å². The first-order valence-electron chi connectivity index (χ1n) is 10.2. The smallest absolute Gasteiger partial charge is 0.289 e. The Balaban J connectivity index is 0.00000300. The number of carbonyl (C=O) groups excluding carboxylic acids is 1. The van der Waals surface area contributed by atoms with Crippen molar-refractivity contribution in [3.8, 4) is 0 Å². The minimum Gasteiger partial charge on any atom is -0.459 e. The van der Waals surface area contributed by atoms with Crippen molar-refractivity contribution in [2.45, 2.75) is 25.3 Å². The van der Waals surface area contributed by atoms with E-state index in [4.69, 9.17) is 14.1 Å². The summed E-state index contributed by atoms with van der Waals surface area (Å²) >= 11 is 0. The van der Waals surface area contributed by atoms with E-state index in [9.17, 15) is 4.79 Å². The van der Waals surface area contributed by atoms with Crippen LogP contribution >= 0.6 is 24.0 Å². The summed E-state index contributed by atoms with van der Waals surface area (Å²) in [4.78, 5) is 23.8. The van der Waals surface area contributed by atoms with Crippen LogP contribution in [0.15, 0.2) is 27.8 Å². The van der Waals surface area contributed by atoms with Crippen LogP contribution in [0.5, 0.6) is 0 Å². The van der Waals surface area contributed by atoms with Crippen LogP contribution in [0.1, 0.15) is 30.3 Å². The van der Waals surface area contributed by atoms with E-state index in [1.807, 2.05) is 4.90 Å². The quantitative estimate of drug-likeness (QED) is 0.363. The Hall–Kier alpha value is -1.33. The van der Waals surface area contributed by atoms with Crippen molar-refractivity contribution in [1.29, 1.82) is 0 Å². The molecule has 164 valence electrons. The van der Waals surface area contributed by atoms with Crippen molar-refractivity contribution in [2.75, 3.05) is 66.6 Å². The van der Waals surface area contributed by atoms with Gasteiger partial charge in [0.2, 0.25) is 0 Å². The van der Waals surface area contributed by atoms with Gasteiger partial charge in [-0.15, -0.1) is 24.0 Å². The van der Waals surface area contributed by atoms with Gasteiger partial charge in [-0.1, -0.05) is 0 Å². The van der Waals surface area contributed by atoms with Crippen LogP contribution in [0, 0.1) is 0 Å². The molecule has 0 unspecified atom stereocenters. The molecule has 0 atom stereocenters. The molecule has 0 radical (unpaired) electrons. The molecule has 0 aliphatic carbocycles. The van der Waals surface area contributed by atoms with E-state index in [0.717, 1.165) is 58.2 Å². The molecule has 2 aliphatic heterocycles. The highest BCUT2D eigenvalue weighted by Gasteiger charge is 2.35. The predicted molar refractivity (Wildman–Crippen MR) is 124 cm³/mol. The molecule has 2 aliphatic rings. The number of amides is 1. The van der Waals surface area contributed by atoms with Gasteiger partial charge in [-0.2, -0.15) is 0 Å². The number of aliphatic imine (C=N–C) groups is 1. The van der Waals surface area contributed by atoms with E-state index in [-0.39, 0.29) is 35.4 Å². The van der Waals surface area contributed by atoms with Crippen molar-refractivity contribution in [3.63, 3.8) is 0 Å². The van der Waals surface area contributed by atoms with Gasteiger partial charge in [0, 0.05) is 51.5 Å². The fourth-order valence-corrected chi connectivity index (χ4v) is 3.82. The molecule has 3 rings (SSSR count). The highest BCUT2D eigenvalue weighted by atomic mass is 127. The zero-order valence-electron chi connectivity index (χ0n) is 17.7. The van der Waals surface area contributed by atoms with Gasteiger partial charge in [0.05, 0.1) is 12.8 Å². The normalized spacial score (nSPS) is 19.8. The Morgan fingerprint density at radius 2 is 1.86 bits per heavy atom. The predicted octanol–water partition coefficient (Wildman–Crippen LogP) is 1.73. The van der Waals surface area contributed by atoms with E-state index < -0.39 is 0 Å². The summed E-state index contributed by atoms with van der Waals surface area (Å²) in [5, 5.41) is 3.42. The van der Waals surface area contributed by atoms with Gasteiger partial charge in [0.1, 0.15) is 0 Å². The lowest BCUT2D eigenvalue weighted by Crippen LogP contribution is -2.55. The number of nitrogens with zero attached hydrogens (tertiary/aromatic N) is 4. The van der Waals surface area contributed by atoms with Crippen molar-refractivity contribution >= 4 is 35.8 Å². The van der Waals surface area contributed by atoms with Crippen LogP contribution in [0.2, 0.25) is 0 Å². The number of guanidine groups is 1. The van der Waals surface area contributed by atoms with E-state index in [0.29, 0.717) is 18.8 Å². The lowest BCUT2D eigenvalue weighted by atomic mass is 9.89. The standard InChI is InChI=1S/C20H33N5O3.HI/c1-4-21-19(22-16-20(23(2)3)7-14-27-15-8-20)25-11-9-24(10-12-25)18(26)17-6-5-13-28-17;/h5-6,13H,4,7-12,14-16H2,1-3H3,(H,21,22);1H. The number of hydrogen-bond donors (Lipinski definition) is 1. The van der Waals surface area contributed by atoms with E-state index >= 15 is 0 Å². The van der Waals surface area contributed by atoms with Crippen LogP contribution in [0.3, 0.4) is 0 Å². The highest BCUT2D eigenvalue weighted by Crippen LogP contribution is 2.26. The lowest BCUT2D eigenvalue weighted by Gasteiger charge is -2.42. The molecule has 1 aromatic heterocycles. The molecule has 2 fully saturated rings. The topological polar surface area (TPSA) is 73.6 Å². The maximum Gasteiger partial charge on any atom is 0.289 e. The van der Waals surface area contributed by atoms with Crippen molar-refractivity contribution < 1.29 is 13.9 Å². The van der Waals surface area contributed by atoms with E-state index in [1.165, 1.54) is 6.26 Å². The molecule has 8 nitrogen and oxygen atoms in total. The Kier molecular flexibility index (Phi) is 9.22. The molecule has 1 N–H and O–H groups in total. The molecule has 9 heteroatoms. The summed E-state index contributed by atoms with van der Waals surface area (Å²) in [7, 11) is 4.26. The highest BCUT2D eigenvalue weighted by molar-refractivity contribution is 14.0. The second-order valence-corrected chi connectivity index (χ2v) is 7.66. The average Bonchev–Trinajstić information content (AvgIpc) is 3.26. The third-order valence-corrected chi connectivity index (χ3v) is 5.83. The number of likely N-dealkylation sites (N-methyl/N-ethyl adjacent to an activating group) is 1. The molecule has 3 heterocycles. The largest absolute Gasteiger partial charge is 0.459 e. The van der Waals surface area contributed by atoms with Gasteiger partial charge in [0.15, 0.2) is 11.7 Å². The molecular formula is C20H34IN5O3. The second-order valence-electron chi connectivity index (χ2n) is 7.66. The number of furan rings is 1. The van der Waals surface area contributed by atoms with Crippen LogP contribution in [0.25, 0.3) is 0 Å². The van der Waals surface area contributed by atoms with E-state index in [2.05, 4.69) is 36.1 Å². The molecule has 0 aromatic carbocycles. The number of piperazine rings is 1. The first-order chi connectivity index (χ1) is 13.6. The van der Waals surface area contributed by atoms with Crippen LogP contribution < -0.4 is 5.32 Å². The van der Waals surface area contributed by atoms with Crippen molar-refractivity contribution in [2.24, 2.45) is 4.99 Å². The number of hydrogen-bond acceptors (Lipinski definition) is 5. The number of ether oxygens (including phenoxy) is 1. The molecule has 2 saturated heterocycles. The van der Waals surface area contributed by atoms with Gasteiger partial charge < -0.3 is 29.2 Å². The number of nitrogens with one attached hydrogen (secondary N) is 1. The van der Waals surface area contributed by atoms with Crippen LogP contribution in [0.4, 0.5) is 0 Å². The van der Waals surface area contributed by atoms with Gasteiger partial charge in [-0.3, -0.25) is 9.79 Å². The molecule has 29 heavy (non-hydrogen) atoms. The fraction of sp³-hybridized carbons (Fsp3) is 0.700. The lowest BCUT2D eigenvalue weighted by molar-refractivity contribution is -0.00267. The van der Waals surface area contributed by atoms with Crippen LogP contribution in [-0.2, 0) is 4.74 Å². The summed E-state index contributed by atoms with van der Waals surface area (Å²) in [6.07, 6.45) is 3.53. The van der Waals surface area contributed by atoms with Gasteiger partial charge in [0.25, 0.3) is 5.91 Å². The van der Waals surface area contributed by atoms with Gasteiger partial charge in [-0.05, 0) is 46.0 Å². The Morgan fingerprint density at radius 3 is 2.41 bits per heavy atom. The molecular weight excluding hydrogens is 485 g/mol. The number of carbonyl (C=O) groups is 1. The monoisotopic (exact) mass is 519 g/mol.